The van der Waals surface area contributed by atoms with Crippen LogP contribution in [0.3, 0.4) is 0 Å². The lowest BCUT2D eigenvalue weighted by Gasteiger charge is -2.29. The van der Waals surface area contributed by atoms with Crippen LogP contribution in [0.15, 0.2) is 48.5 Å². The van der Waals surface area contributed by atoms with Gasteiger partial charge in [0.05, 0.1) is 11.6 Å². The number of hydrogen-bond acceptors (Lipinski definition) is 3. The van der Waals surface area contributed by atoms with E-state index in [4.69, 9.17) is 11.0 Å². The lowest BCUT2D eigenvalue weighted by Crippen LogP contribution is -2.43. The van der Waals surface area contributed by atoms with Gasteiger partial charge in [0.1, 0.15) is 0 Å². The Hall–Kier alpha value is -2.15. The van der Waals surface area contributed by atoms with E-state index in [1.807, 2.05) is 24.3 Å². The third-order valence-electron chi connectivity index (χ3n) is 4.22. The molecule has 1 heterocycles. The molecule has 2 aromatic carbocycles. The molecular formula is C18H19N3. The molecule has 2 atom stereocenters. The number of nitrogens with one attached hydrogen (secondary N) is 1. The van der Waals surface area contributed by atoms with Crippen molar-refractivity contribution in [1.82, 2.24) is 5.32 Å². The maximum absolute atomic E-state index is 8.84. The number of rotatable bonds is 2. The molecule has 1 aliphatic heterocycles. The van der Waals surface area contributed by atoms with Crippen LogP contribution >= 0.6 is 0 Å². The average Bonchev–Trinajstić information content (AvgIpc) is 2.56. The van der Waals surface area contributed by atoms with Gasteiger partial charge in [0.15, 0.2) is 0 Å². The molecule has 3 nitrogen and oxygen atoms in total. The minimum absolute atomic E-state index is 0.243. The van der Waals surface area contributed by atoms with E-state index in [-0.39, 0.29) is 6.04 Å². The van der Waals surface area contributed by atoms with Crippen molar-refractivity contribution in [3.63, 3.8) is 0 Å². The fourth-order valence-corrected chi connectivity index (χ4v) is 2.90. The highest BCUT2D eigenvalue weighted by Crippen LogP contribution is 2.26. The van der Waals surface area contributed by atoms with Gasteiger partial charge in [-0.05, 0) is 41.8 Å². The number of benzene rings is 2. The van der Waals surface area contributed by atoms with E-state index in [1.165, 1.54) is 11.1 Å². The van der Waals surface area contributed by atoms with Crippen LogP contribution in [0.2, 0.25) is 0 Å². The van der Waals surface area contributed by atoms with Gasteiger partial charge in [-0.2, -0.15) is 5.26 Å². The van der Waals surface area contributed by atoms with Crippen molar-refractivity contribution in [2.24, 2.45) is 5.73 Å². The van der Waals surface area contributed by atoms with Crippen LogP contribution in [-0.4, -0.2) is 19.1 Å². The SMILES string of the molecule is N#Cc1ccc(-c2ccc([C@@H]3CNCC[C@H]3N)cc2)cc1. The zero-order valence-electron chi connectivity index (χ0n) is 11.9. The minimum Gasteiger partial charge on any atom is -0.327 e. The number of hydrogen-bond donors (Lipinski definition) is 2. The molecule has 2 aromatic rings. The molecule has 1 aliphatic rings. The van der Waals surface area contributed by atoms with Crippen molar-refractivity contribution in [2.75, 3.05) is 13.1 Å². The Kier molecular flexibility index (Phi) is 4.01. The Morgan fingerprint density at radius 2 is 1.62 bits per heavy atom. The molecule has 21 heavy (non-hydrogen) atoms. The number of nitriles is 1. The maximum Gasteiger partial charge on any atom is 0.0991 e. The first-order chi connectivity index (χ1) is 10.3. The Morgan fingerprint density at radius 1 is 1.00 bits per heavy atom. The summed E-state index contributed by atoms with van der Waals surface area (Å²) in [5.41, 5.74) is 10.5. The Bertz CT molecular complexity index is 638. The van der Waals surface area contributed by atoms with Crippen LogP contribution in [0.1, 0.15) is 23.5 Å². The van der Waals surface area contributed by atoms with E-state index in [1.54, 1.807) is 0 Å². The first kappa shape index (κ1) is 13.8. The summed E-state index contributed by atoms with van der Waals surface area (Å²) in [6.45, 7) is 1.97. The summed E-state index contributed by atoms with van der Waals surface area (Å²) in [6, 6.07) is 18.7. The van der Waals surface area contributed by atoms with E-state index in [2.05, 4.69) is 35.7 Å². The van der Waals surface area contributed by atoms with Crippen molar-refractivity contribution in [1.29, 1.82) is 5.26 Å². The van der Waals surface area contributed by atoms with Gasteiger partial charge < -0.3 is 11.1 Å². The summed E-state index contributed by atoms with van der Waals surface area (Å²) in [7, 11) is 0. The van der Waals surface area contributed by atoms with Gasteiger partial charge in [0, 0.05) is 18.5 Å². The van der Waals surface area contributed by atoms with Crippen LogP contribution in [0.25, 0.3) is 11.1 Å². The van der Waals surface area contributed by atoms with E-state index in [0.717, 1.165) is 25.1 Å². The molecule has 3 heteroatoms. The predicted molar refractivity (Wildman–Crippen MR) is 84.8 cm³/mol. The van der Waals surface area contributed by atoms with Gasteiger partial charge in [-0.1, -0.05) is 36.4 Å². The number of nitrogens with two attached hydrogens (primary N) is 1. The first-order valence-corrected chi connectivity index (χ1v) is 7.35. The zero-order chi connectivity index (χ0) is 14.7. The quantitative estimate of drug-likeness (QED) is 0.887. The highest BCUT2D eigenvalue weighted by Gasteiger charge is 2.22. The first-order valence-electron chi connectivity index (χ1n) is 7.35. The molecule has 0 aromatic heterocycles. The topological polar surface area (TPSA) is 61.8 Å². The van der Waals surface area contributed by atoms with E-state index in [9.17, 15) is 0 Å². The van der Waals surface area contributed by atoms with Gasteiger partial charge in [0.25, 0.3) is 0 Å². The molecule has 0 radical (unpaired) electrons. The largest absolute Gasteiger partial charge is 0.327 e. The van der Waals surface area contributed by atoms with E-state index >= 15 is 0 Å². The lowest BCUT2D eigenvalue weighted by molar-refractivity contribution is 0.403. The molecule has 0 bridgehead atoms. The fraction of sp³-hybridized carbons (Fsp3) is 0.278. The van der Waals surface area contributed by atoms with Gasteiger partial charge in [0.2, 0.25) is 0 Å². The van der Waals surface area contributed by atoms with Gasteiger partial charge in [-0.15, -0.1) is 0 Å². The standard InChI is InChI=1S/C18H19N3/c19-11-13-1-3-14(4-2-13)15-5-7-16(8-6-15)17-12-21-10-9-18(17)20/h1-8,17-18,21H,9-10,12,20H2/t17-,18+/m0/s1. The third-order valence-corrected chi connectivity index (χ3v) is 4.22. The Balaban J connectivity index is 1.81. The van der Waals surface area contributed by atoms with Gasteiger partial charge in [-0.3, -0.25) is 0 Å². The predicted octanol–water partition coefficient (Wildman–Crippen LogP) is 2.63. The molecule has 106 valence electrons. The fourth-order valence-electron chi connectivity index (χ4n) is 2.90. The summed E-state index contributed by atoms with van der Waals surface area (Å²) in [5, 5.41) is 12.2. The molecular weight excluding hydrogens is 258 g/mol. The molecule has 0 unspecified atom stereocenters. The second-order valence-electron chi connectivity index (χ2n) is 5.57. The third kappa shape index (κ3) is 2.97. The van der Waals surface area contributed by atoms with Crippen LogP contribution < -0.4 is 11.1 Å². The molecule has 1 saturated heterocycles. The summed E-state index contributed by atoms with van der Waals surface area (Å²) >= 11 is 0. The maximum atomic E-state index is 8.84. The Morgan fingerprint density at radius 3 is 2.19 bits per heavy atom. The molecule has 3 rings (SSSR count). The summed E-state index contributed by atoms with van der Waals surface area (Å²) in [5.74, 6) is 0.397. The summed E-state index contributed by atoms with van der Waals surface area (Å²) < 4.78 is 0. The number of piperidine rings is 1. The Labute approximate surface area is 125 Å². The van der Waals surface area contributed by atoms with E-state index in [0.29, 0.717) is 11.5 Å². The average molecular weight is 277 g/mol. The summed E-state index contributed by atoms with van der Waals surface area (Å²) in [6.07, 6.45) is 1.03. The molecule has 0 saturated carbocycles. The van der Waals surface area contributed by atoms with Crippen molar-refractivity contribution in [3.05, 3.63) is 59.7 Å². The van der Waals surface area contributed by atoms with Crippen LogP contribution in [0, 0.1) is 11.3 Å². The van der Waals surface area contributed by atoms with Crippen LogP contribution in [0.4, 0.5) is 0 Å². The summed E-state index contributed by atoms with van der Waals surface area (Å²) in [4.78, 5) is 0. The molecule has 1 fully saturated rings. The highest BCUT2D eigenvalue weighted by atomic mass is 14.9. The van der Waals surface area contributed by atoms with Gasteiger partial charge >= 0.3 is 0 Å². The number of nitrogens with zero attached hydrogens (tertiary/aromatic N) is 1. The lowest BCUT2D eigenvalue weighted by atomic mass is 9.87. The molecule has 0 spiro atoms. The second kappa shape index (κ2) is 6.09. The highest BCUT2D eigenvalue weighted by molar-refractivity contribution is 5.64. The van der Waals surface area contributed by atoms with Crippen molar-refractivity contribution < 1.29 is 0 Å². The smallest absolute Gasteiger partial charge is 0.0991 e. The minimum atomic E-state index is 0.243. The van der Waals surface area contributed by atoms with E-state index < -0.39 is 0 Å². The molecule has 3 N–H and O–H groups in total. The molecule has 0 amide bonds. The van der Waals surface area contributed by atoms with Crippen molar-refractivity contribution >= 4 is 0 Å². The zero-order valence-corrected chi connectivity index (χ0v) is 11.9. The van der Waals surface area contributed by atoms with Crippen LogP contribution in [0.5, 0.6) is 0 Å². The van der Waals surface area contributed by atoms with Crippen molar-refractivity contribution in [3.8, 4) is 17.2 Å². The second-order valence-corrected chi connectivity index (χ2v) is 5.57. The molecule has 0 aliphatic carbocycles. The van der Waals surface area contributed by atoms with Crippen LogP contribution in [-0.2, 0) is 0 Å². The monoisotopic (exact) mass is 277 g/mol. The van der Waals surface area contributed by atoms with Crippen molar-refractivity contribution in [2.45, 2.75) is 18.4 Å². The van der Waals surface area contributed by atoms with Gasteiger partial charge in [-0.25, -0.2) is 0 Å². The normalized spacial score (nSPS) is 21.7.